The van der Waals surface area contributed by atoms with E-state index < -0.39 is 12.8 Å². The number of hydrogen-bond donors (Lipinski definition) is 2. The van der Waals surface area contributed by atoms with Crippen LogP contribution in [0.5, 0.6) is 5.75 Å². The number of amides is 1. The highest BCUT2D eigenvalue weighted by Crippen LogP contribution is 2.29. The van der Waals surface area contributed by atoms with Crippen molar-refractivity contribution in [1.29, 1.82) is 0 Å². The monoisotopic (exact) mass is 358 g/mol. The molecule has 140 valence electrons. The van der Waals surface area contributed by atoms with Gasteiger partial charge in [-0.15, -0.1) is 0 Å². The Hall–Kier alpha value is -1.76. The van der Waals surface area contributed by atoms with E-state index in [1.807, 2.05) is 0 Å². The van der Waals surface area contributed by atoms with E-state index in [1.165, 1.54) is 6.07 Å². The summed E-state index contributed by atoms with van der Waals surface area (Å²) in [4.78, 5) is 12.3. The van der Waals surface area contributed by atoms with Crippen LogP contribution in [0.4, 0.5) is 18.9 Å². The molecule has 1 aromatic carbocycles. The van der Waals surface area contributed by atoms with E-state index in [0.29, 0.717) is 23.6 Å². The molecule has 1 amide bonds. The summed E-state index contributed by atoms with van der Waals surface area (Å²) in [6.45, 7) is 4.32. The van der Waals surface area contributed by atoms with Gasteiger partial charge in [-0.1, -0.05) is 13.0 Å². The highest BCUT2D eigenvalue weighted by atomic mass is 19.4. The van der Waals surface area contributed by atoms with E-state index >= 15 is 0 Å². The molecular weight excluding hydrogens is 333 g/mol. The second-order valence-electron chi connectivity index (χ2n) is 6.65. The minimum Gasteiger partial charge on any atom is -0.484 e. The van der Waals surface area contributed by atoms with Gasteiger partial charge < -0.3 is 15.4 Å². The summed E-state index contributed by atoms with van der Waals surface area (Å²) in [5, 5.41) is 6.11. The van der Waals surface area contributed by atoms with Gasteiger partial charge in [-0.25, -0.2) is 0 Å². The first-order valence-electron chi connectivity index (χ1n) is 8.56. The summed E-state index contributed by atoms with van der Waals surface area (Å²) in [5.74, 6) is 0.797. The zero-order chi connectivity index (χ0) is 18.4. The SMILES string of the molecule is Cc1c(NC(=O)CC(C)C2CCNCC2)cccc1OCC(F)(F)F. The number of carbonyl (C=O) groups is 1. The van der Waals surface area contributed by atoms with Crippen molar-refractivity contribution in [2.75, 3.05) is 25.0 Å². The van der Waals surface area contributed by atoms with Crippen LogP contribution in [-0.2, 0) is 4.79 Å². The Labute approximate surface area is 146 Å². The number of alkyl halides is 3. The van der Waals surface area contributed by atoms with E-state index in [9.17, 15) is 18.0 Å². The van der Waals surface area contributed by atoms with E-state index in [4.69, 9.17) is 4.74 Å². The zero-order valence-corrected chi connectivity index (χ0v) is 14.6. The number of ether oxygens (including phenoxy) is 1. The van der Waals surface area contributed by atoms with Crippen molar-refractivity contribution in [1.82, 2.24) is 5.32 Å². The third-order valence-electron chi connectivity index (χ3n) is 4.65. The van der Waals surface area contributed by atoms with Gasteiger partial charge in [0.05, 0.1) is 0 Å². The molecule has 0 aliphatic carbocycles. The van der Waals surface area contributed by atoms with E-state index in [1.54, 1.807) is 19.1 Å². The predicted octanol–water partition coefficient (Wildman–Crippen LogP) is 3.90. The van der Waals surface area contributed by atoms with Crippen LogP contribution in [0.15, 0.2) is 18.2 Å². The molecule has 1 saturated heterocycles. The maximum atomic E-state index is 12.3. The van der Waals surface area contributed by atoms with Crippen LogP contribution in [0.2, 0.25) is 0 Å². The van der Waals surface area contributed by atoms with Crippen LogP contribution in [0, 0.1) is 18.8 Å². The molecule has 2 rings (SSSR count). The van der Waals surface area contributed by atoms with E-state index in [-0.39, 0.29) is 17.6 Å². The van der Waals surface area contributed by atoms with Gasteiger partial charge in [-0.05, 0) is 56.8 Å². The number of nitrogens with one attached hydrogen (secondary N) is 2. The Morgan fingerprint density at radius 3 is 2.68 bits per heavy atom. The lowest BCUT2D eigenvalue weighted by Crippen LogP contribution is -2.32. The smallest absolute Gasteiger partial charge is 0.422 e. The maximum Gasteiger partial charge on any atom is 0.422 e. The first-order valence-corrected chi connectivity index (χ1v) is 8.56. The van der Waals surface area contributed by atoms with Gasteiger partial charge in [-0.2, -0.15) is 13.2 Å². The predicted molar refractivity (Wildman–Crippen MR) is 90.7 cm³/mol. The van der Waals surface area contributed by atoms with Crippen molar-refractivity contribution in [3.63, 3.8) is 0 Å². The van der Waals surface area contributed by atoms with Gasteiger partial charge in [0, 0.05) is 17.7 Å². The lowest BCUT2D eigenvalue weighted by molar-refractivity contribution is -0.153. The second kappa shape index (κ2) is 8.56. The summed E-state index contributed by atoms with van der Waals surface area (Å²) < 4.78 is 41.7. The standard InChI is InChI=1S/C18H25F3N2O2/c1-12(14-6-8-22-9-7-14)10-17(24)23-15-4-3-5-16(13(15)2)25-11-18(19,20)21/h3-5,12,14,22H,6-11H2,1-2H3,(H,23,24). The first-order chi connectivity index (χ1) is 11.8. The Balaban J connectivity index is 1.93. The Morgan fingerprint density at radius 2 is 2.04 bits per heavy atom. The number of carbonyl (C=O) groups excluding carboxylic acids is 1. The molecule has 1 heterocycles. The fraction of sp³-hybridized carbons (Fsp3) is 0.611. The molecule has 2 N–H and O–H groups in total. The van der Waals surface area contributed by atoms with Crippen LogP contribution in [0.3, 0.4) is 0 Å². The molecule has 1 aromatic rings. The highest BCUT2D eigenvalue weighted by molar-refractivity contribution is 5.92. The number of rotatable bonds is 6. The molecule has 0 spiro atoms. The van der Waals surface area contributed by atoms with Crippen molar-refractivity contribution < 1.29 is 22.7 Å². The largest absolute Gasteiger partial charge is 0.484 e. The van der Waals surface area contributed by atoms with Gasteiger partial charge in [0.15, 0.2) is 6.61 Å². The molecule has 0 radical (unpaired) electrons. The van der Waals surface area contributed by atoms with Crippen molar-refractivity contribution in [3.05, 3.63) is 23.8 Å². The molecule has 0 saturated carbocycles. The van der Waals surface area contributed by atoms with Crippen molar-refractivity contribution in [2.24, 2.45) is 11.8 Å². The zero-order valence-electron chi connectivity index (χ0n) is 14.6. The van der Waals surface area contributed by atoms with Crippen LogP contribution in [0.25, 0.3) is 0 Å². The molecule has 0 bridgehead atoms. The van der Waals surface area contributed by atoms with Crippen molar-refractivity contribution in [3.8, 4) is 5.75 Å². The minimum atomic E-state index is -4.39. The van der Waals surface area contributed by atoms with Gasteiger partial charge in [0.1, 0.15) is 5.75 Å². The molecule has 1 fully saturated rings. The quantitative estimate of drug-likeness (QED) is 0.811. The fourth-order valence-corrected chi connectivity index (χ4v) is 3.14. The normalized spacial score (nSPS) is 17.2. The Bertz CT molecular complexity index is 584. The molecule has 7 heteroatoms. The summed E-state index contributed by atoms with van der Waals surface area (Å²) in [6.07, 6.45) is -1.86. The number of hydrogen-bond acceptors (Lipinski definition) is 3. The average molecular weight is 358 g/mol. The second-order valence-corrected chi connectivity index (χ2v) is 6.65. The lowest BCUT2D eigenvalue weighted by atomic mass is 9.84. The highest BCUT2D eigenvalue weighted by Gasteiger charge is 2.29. The molecule has 4 nitrogen and oxygen atoms in total. The molecular formula is C18H25F3N2O2. The minimum absolute atomic E-state index is 0.123. The number of piperidine rings is 1. The topological polar surface area (TPSA) is 50.4 Å². The summed E-state index contributed by atoms with van der Waals surface area (Å²) in [7, 11) is 0. The van der Waals surface area contributed by atoms with E-state index in [0.717, 1.165) is 25.9 Å². The van der Waals surface area contributed by atoms with Crippen LogP contribution < -0.4 is 15.4 Å². The van der Waals surface area contributed by atoms with Crippen LogP contribution in [-0.4, -0.2) is 31.8 Å². The van der Waals surface area contributed by atoms with Crippen molar-refractivity contribution >= 4 is 11.6 Å². The van der Waals surface area contributed by atoms with Crippen LogP contribution >= 0.6 is 0 Å². The third-order valence-corrected chi connectivity index (χ3v) is 4.65. The van der Waals surface area contributed by atoms with Gasteiger partial charge >= 0.3 is 6.18 Å². The molecule has 25 heavy (non-hydrogen) atoms. The van der Waals surface area contributed by atoms with Gasteiger partial charge in [0.2, 0.25) is 5.91 Å². The van der Waals surface area contributed by atoms with Gasteiger partial charge in [0.25, 0.3) is 0 Å². The third kappa shape index (κ3) is 6.23. The Kier molecular flexibility index (Phi) is 6.70. The Morgan fingerprint density at radius 1 is 1.36 bits per heavy atom. The number of halogens is 3. The molecule has 1 aliphatic rings. The summed E-state index contributed by atoms with van der Waals surface area (Å²) in [5.41, 5.74) is 0.983. The fourth-order valence-electron chi connectivity index (χ4n) is 3.14. The number of benzene rings is 1. The van der Waals surface area contributed by atoms with E-state index in [2.05, 4.69) is 17.6 Å². The summed E-state index contributed by atoms with van der Waals surface area (Å²) in [6, 6.07) is 4.71. The molecule has 0 aromatic heterocycles. The summed E-state index contributed by atoms with van der Waals surface area (Å²) >= 11 is 0. The molecule has 1 aliphatic heterocycles. The first kappa shape index (κ1) is 19.6. The average Bonchev–Trinajstić information content (AvgIpc) is 2.55. The lowest BCUT2D eigenvalue weighted by Gasteiger charge is -2.28. The van der Waals surface area contributed by atoms with Gasteiger partial charge in [-0.3, -0.25) is 4.79 Å². The van der Waals surface area contributed by atoms with Crippen molar-refractivity contribution in [2.45, 2.75) is 39.3 Å². The molecule has 1 unspecified atom stereocenters. The van der Waals surface area contributed by atoms with Crippen LogP contribution in [0.1, 0.15) is 31.7 Å². The number of anilines is 1. The maximum absolute atomic E-state index is 12.3. The molecule has 1 atom stereocenters.